The lowest BCUT2D eigenvalue weighted by molar-refractivity contribution is -0.386. The van der Waals surface area contributed by atoms with Gasteiger partial charge in [0.15, 0.2) is 0 Å². The van der Waals surface area contributed by atoms with Crippen LogP contribution in [0.25, 0.3) is 0 Å². The first kappa shape index (κ1) is 15.8. The SMILES string of the molecule is CCCn1nc(C)c([N+](=O)[O-])c1OC1CCC(CO)CC1. The molecule has 1 heterocycles. The topological polar surface area (TPSA) is 90.4 Å². The average Bonchev–Trinajstić information content (AvgIpc) is 2.76. The molecule has 1 aliphatic rings. The number of ether oxygens (including phenoxy) is 1. The van der Waals surface area contributed by atoms with E-state index >= 15 is 0 Å². The van der Waals surface area contributed by atoms with Crippen LogP contribution in [0.1, 0.15) is 44.7 Å². The highest BCUT2D eigenvalue weighted by molar-refractivity contribution is 5.45. The standard InChI is InChI=1S/C14H23N3O4/c1-3-8-16-14(13(17(19)20)10(2)15-16)21-12-6-4-11(9-18)5-7-12/h11-12,18H,3-9H2,1-2H3. The van der Waals surface area contributed by atoms with E-state index < -0.39 is 4.92 Å². The van der Waals surface area contributed by atoms with Crippen molar-refractivity contribution in [3.8, 4) is 5.88 Å². The molecule has 118 valence electrons. The molecule has 0 radical (unpaired) electrons. The molecule has 0 spiro atoms. The zero-order valence-electron chi connectivity index (χ0n) is 12.6. The molecular formula is C14H23N3O4. The van der Waals surface area contributed by atoms with Crippen LogP contribution in [0.3, 0.4) is 0 Å². The molecule has 7 nitrogen and oxygen atoms in total. The van der Waals surface area contributed by atoms with Gasteiger partial charge in [0.2, 0.25) is 0 Å². The number of hydrogen-bond acceptors (Lipinski definition) is 5. The van der Waals surface area contributed by atoms with Crippen molar-refractivity contribution in [1.82, 2.24) is 9.78 Å². The van der Waals surface area contributed by atoms with Crippen LogP contribution in [0.15, 0.2) is 0 Å². The van der Waals surface area contributed by atoms with Crippen molar-refractivity contribution in [3.63, 3.8) is 0 Å². The number of rotatable bonds is 6. The second-order valence-corrected chi connectivity index (χ2v) is 5.66. The summed E-state index contributed by atoms with van der Waals surface area (Å²) in [6.45, 7) is 4.45. The summed E-state index contributed by atoms with van der Waals surface area (Å²) in [7, 11) is 0. The molecule has 0 bridgehead atoms. The van der Waals surface area contributed by atoms with Gasteiger partial charge in [-0.2, -0.15) is 5.10 Å². The van der Waals surface area contributed by atoms with E-state index in [2.05, 4.69) is 5.10 Å². The minimum Gasteiger partial charge on any atom is -0.470 e. The third kappa shape index (κ3) is 3.53. The van der Waals surface area contributed by atoms with Crippen molar-refractivity contribution in [2.75, 3.05) is 6.61 Å². The Morgan fingerprint density at radius 3 is 2.62 bits per heavy atom. The molecular weight excluding hydrogens is 274 g/mol. The van der Waals surface area contributed by atoms with Crippen molar-refractivity contribution in [2.24, 2.45) is 5.92 Å². The zero-order valence-corrected chi connectivity index (χ0v) is 12.6. The summed E-state index contributed by atoms with van der Waals surface area (Å²) >= 11 is 0. The van der Waals surface area contributed by atoms with E-state index in [1.165, 1.54) is 0 Å². The summed E-state index contributed by atoms with van der Waals surface area (Å²) in [5, 5.41) is 24.6. The molecule has 0 aromatic carbocycles. The van der Waals surface area contributed by atoms with E-state index in [1.54, 1.807) is 11.6 Å². The van der Waals surface area contributed by atoms with Crippen molar-refractivity contribution in [3.05, 3.63) is 15.8 Å². The first-order valence-corrected chi connectivity index (χ1v) is 7.56. The highest BCUT2D eigenvalue weighted by atomic mass is 16.6. The number of hydrogen-bond donors (Lipinski definition) is 1. The second-order valence-electron chi connectivity index (χ2n) is 5.66. The number of nitrogens with zero attached hydrogens (tertiary/aromatic N) is 3. The maximum Gasteiger partial charge on any atom is 0.353 e. The molecule has 0 amide bonds. The predicted octanol–water partition coefficient (Wildman–Crippen LogP) is 2.44. The van der Waals surface area contributed by atoms with E-state index in [-0.39, 0.29) is 24.3 Å². The van der Waals surface area contributed by atoms with E-state index in [0.29, 0.717) is 18.2 Å². The van der Waals surface area contributed by atoms with Gasteiger partial charge in [0.25, 0.3) is 5.88 Å². The van der Waals surface area contributed by atoms with Gasteiger partial charge in [-0.1, -0.05) is 6.92 Å². The molecule has 2 rings (SSSR count). The van der Waals surface area contributed by atoms with Gasteiger partial charge in [-0.05, 0) is 44.9 Å². The van der Waals surface area contributed by atoms with Crippen LogP contribution in [0.2, 0.25) is 0 Å². The highest BCUT2D eigenvalue weighted by Gasteiger charge is 2.30. The third-order valence-electron chi connectivity index (χ3n) is 4.00. The molecule has 0 atom stereocenters. The number of aromatic nitrogens is 2. The van der Waals surface area contributed by atoms with Gasteiger partial charge in [-0.3, -0.25) is 10.1 Å². The molecule has 1 fully saturated rings. The van der Waals surface area contributed by atoms with Crippen LogP contribution in [-0.2, 0) is 6.54 Å². The van der Waals surface area contributed by atoms with Crippen LogP contribution in [0, 0.1) is 23.0 Å². The molecule has 1 saturated carbocycles. The summed E-state index contributed by atoms with van der Waals surface area (Å²) < 4.78 is 7.53. The lowest BCUT2D eigenvalue weighted by Crippen LogP contribution is -2.26. The molecule has 0 unspecified atom stereocenters. The smallest absolute Gasteiger partial charge is 0.353 e. The van der Waals surface area contributed by atoms with Gasteiger partial charge in [-0.25, -0.2) is 4.68 Å². The van der Waals surface area contributed by atoms with E-state index in [0.717, 1.165) is 32.1 Å². The quantitative estimate of drug-likeness (QED) is 0.643. The van der Waals surface area contributed by atoms with Crippen molar-refractivity contribution in [1.29, 1.82) is 0 Å². The lowest BCUT2D eigenvalue weighted by atomic mass is 9.88. The van der Waals surface area contributed by atoms with E-state index in [9.17, 15) is 10.1 Å². The Morgan fingerprint density at radius 1 is 1.43 bits per heavy atom. The van der Waals surface area contributed by atoms with Gasteiger partial charge >= 0.3 is 5.69 Å². The van der Waals surface area contributed by atoms with Gasteiger partial charge in [0.1, 0.15) is 11.8 Å². The Kier molecular flexibility index (Phi) is 5.17. The first-order valence-electron chi connectivity index (χ1n) is 7.56. The molecule has 0 aliphatic heterocycles. The molecule has 7 heteroatoms. The van der Waals surface area contributed by atoms with Crippen LogP contribution in [0.5, 0.6) is 5.88 Å². The molecule has 21 heavy (non-hydrogen) atoms. The average molecular weight is 297 g/mol. The molecule has 1 aromatic heterocycles. The van der Waals surface area contributed by atoms with E-state index in [1.807, 2.05) is 6.92 Å². The summed E-state index contributed by atoms with van der Waals surface area (Å²) in [6.07, 6.45) is 4.24. The fourth-order valence-electron chi connectivity index (χ4n) is 2.83. The molecule has 1 aromatic rings. The Hall–Kier alpha value is -1.63. The monoisotopic (exact) mass is 297 g/mol. The minimum absolute atomic E-state index is 0.0206. The van der Waals surface area contributed by atoms with Crippen LogP contribution < -0.4 is 4.74 Å². The summed E-state index contributed by atoms with van der Waals surface area (Å²) in [5.41, 5.74) is 0.375. The maximum atomic E-state index is 11.2. The van der Waals surface area contributed by atoms with E-state index in [4.69, 9.17) is 9.84 Å². The van der Waals surface area contributed by atoms with Crippen LogP contribution in [0.4, 0.5) is 5.69 Å². The van der Waals surface area contributed by atoms with Gasteiger partial charge in [0, 0.05) is 13.2 Å². The predicted molar refractivity (Wildman–Crippen MR) is 77.4 cm³/mol. The number of aryl methyl sites for hydroxylation is 2. The Bertz CT molecular complexity index is 493. The Morgan fingerprint density at radius 2 is 2.10 bits per heavy atom. The number of aliphatic hydroxyl groups is 1. The zero-order chi connectivity index (χ0) is 15.4. The van der Waals surface area contributed by atoms with Crippen LogP contribution >= 0.6 is 0 Å². The molecule has 1 aliphatic carbocycles. The van der Waals surface area contributed by atoms with Crippen LogP contribution in [-0.4, -0.2) is 32.5 Å². The second kappa shape index (κ2) is 6.89. The minimum atomic E-state index is -0.414. The normalized spacial score (nSPS) is 22.2. The molecule has 1 N–H and O–H groups in total. The van der Waals surface area contributed by atoms with Crippen molar-refractivity contribution < 1.29 is 14.8 Å². The Balaban J connectivity index is 2.16. The first-order chi connectivity index (χ1) is 10.1. The summed E-state index contributed by atoms with van der Waals surface area (Å²) in [5.74, 6) is 0.619. The highest BCUT2D eigenvalue weighted by Crippen LogP contribution is 2.34. The summed E-state index contributed by atoms with van der Waals surface area (Å²) in [4.78, 5) is 10.8. The number of nitro groups is 1. The fraction of sp³-hybridized carbons (Fsp3) is 0.786. The van der Waals surface area contributed by atoms with Crippen molar-refractivity contribution in [2.45, 2.75) is 58.6 Å². The lowest BCUT2D eigenvalue weighted by Gasteiger charge is -2.27. The fourth-order valence-corrected chi connectivity index (χ4v) is 2.83. The summed E-state index contributed by atoms with van der Waals surface area (Å²) in [6, 6.07) is 0. The van der Waals surface area contributed by atoms with Gasteiger partial charge in [-0.15, -0.1) is 0 Å². The largest absolute Gasteiger partial charge is 0.470 e. The Labute approximate surface area is 124 Å². The van der Waals surface area contributed by atoms with Gasteiger partial charge in [0.05, 0.1) is 4.92 Å². The van der Waals surface area contributed by atoms with Crippen molar-refractivity contribution >= 4 is 5.69 Å². The maximum absolute atomic E-state index is 11.2. The third-order valence-corrected chi connectivity index (χ3v) is 4.00. The molecule has 0 saturated heterocycles. The van der Waals surface area contributed by atoms with Gasteiger partial charge < -0.3 is 9.84 Å². The number of aliphatic hydroxyl groups excluding tert-OH is 1.